The van der Waals surface area contributed by atoms with E-state index >= 15 is 0 Å². The van der Waals surface area contributed by atoms with Crippen molar-refractivity contribution in [3.63, 3.8) is 0 Å². The van der Waals surface area contributed by atoms with E-state index in [2.05, 4.69) is 10.1 Å². The van der Waals surface area contributed by atoms with E-state index in [0.717, 1.165) is 11.1 Å². The molecule has 2 aromatic carbocycles. The number of aromatic nitrogens is 3. The van der Waals surface area contributed by atoms with Crippen LogP contribution in [-0.4, -0.2) is 47.1 Å². The molecule has 1 atom stereocenters. The Labute approximate surface area is 208 Å². The van der Waals surface area contributed by atoms with Crippen molar-refractivity contribution in [3.8, 4) is 22.8 Å². The van der Waals surface area contributed by atoms with Gasteiger partial charge in [-0.3, -0.25) is 14.6 Å². The van der Waals surface area contributed by atoms with Crippen LogP contribution in [0.3, 0.4) is 0 Å². The molecule has 9 heteroatoms. The fourth-order valence-corrected chi connectivity index (χ4v) is 3.89. The average Bonchev–Trinajstić information content (AvgIpc) is 2.90. The molecule has 1 unspecified atom stereocenters. The van der Waals surface area contributed by atoms with Gasteiger partial charge in [0.25, 0.3) is 5.56 Å². The predicted octanol–water partition coefficient (Wildman–Crippen LogP) is 2.98. The van der Waals surface area contributed by atoms with Crippen molar-refractivity contribution >= 4 is 16.7 Å². The summed E-state index contributed by atoms with van der Waals surface area (Å²) in [6.07, 6.45) is 3.10. The van der Waals surface area contributed by atoms with Gasteiger partial charge in [-0.25, -0.2) is 4.68 Å². The summed E-state index contributed by atoms with van der Waals surface area (Å²) in [6, 6.07) is 16.4. The normalized spacial score (nSPS) is 11.8. The van der Waals surface area contributed by atoms with Gasteiger partial charge in [0.15, 0.2) is 0 Å². The third-order valence-corrected chi connectivity index (χ3v) is 5.72. The molecule has 9 nitrogen and oxygen atoms in total. The maximum absolute atomic E-state index is 13.2. The van der Waals surface area contributed by atoms with Gasteiger partial charge in [0.05, 0.1) is 24.7 Å². The molecule has 2 heterocycles. The van der Waals surface area contributed by atoms with Crippen LogP contribution in [0.5, 0.6) is 11.5 Å². The second kappa shape index (κ2) is 11.5. The standard InChI is InChI=1S/C27H28N4O5/c1-3-35-24(26(28)32)16-18-4-6-20(7-5-18)36-15-14-31-27(33)22-9-8-21(34-2)17-23(22)25(30-31)19-10-12-29-13-11-19/h4-13,17,24H,3,14-16H2,1-2H3,(H2,28,32). The average molecular weight is 489 g/mol. The van der Waals surface area contributed by atoms with Crippen molar-refractivity contribution < 1.29 is 19.0 Å². The van der Waals surface area contributed by atoms with E-state index in [0.29, 0.717) is 41.0 Å². The lowest BCUT2D eigenvalue weighted by Gasteiger charge is -2.14. The highest BCUT2D eigenvalue weighted by atomic mass is 16.5. The Balaban J connectivity index is 1.51. The lowest BCUT2D eigenvalue weighted by atomic mass is 10.1. The minimum atomic E-state index is -0.665. The van der Waals surface area contributed by atoms with Gasteiger partial charge < -0.3 is 19.9 Å². The van der Waals surface area contributed by atoms with Crippen molar-refractivity contribution in [2.75, 3.05) is 20.3 Å². The molecule has 186 valence electrons. The Morgan fingerprint density at radius 1 is 1.03 bits per heavy atom. The summed E-state index contributed by atoms with van der Waals surface area (Å²) < 4.78 is 18.0. The summed E-state index contributed by atoms with van der Waals surface area (Å²) in [5.74, 6) is 0.792. The number of ether oxygens (including phenoxy) is 3. The summed E-state index contributed by atoms with van der Waals surface area (Å²) in [6.45, 7) is 2.73. The quantitative estimate of drug-likeness (QED) is 0.345. The summed E-state index contributed by atoms with van der Waals surface area (Å²) in [4.78, 5) is 28.8. The van der Waals surface area contributed by atoms with Crippen LogP contribution in [0.4, 0.5) is 0 Å². The van der Waals surface area contributed by atoms with E-state index in [1.165, 1.54) is 4.68 Å². The first-order valence-corrected chi connectivity index (χ1v) is 11.6. The number of amides is 1. The first-order valence-electron chi connectivity index (χ1n) is 11.6. The molecule has 0 fully saturated rings. The Bertz CT molecular complexity index is 1390. The number of methoxy groups -OCH3 is 1. The molecule has 0 aliphatic rings. The van der Waals surface area contributed by atoms with Crippen LogP contribution in [0.1, 0.15) is 12.5 Å². The Morgan fingerprint density at radius 2 is 1.75 bits per heavy atom. The van der Waals surface area contributed by atoms with Crippen LogP contribution in [0.25, 0.3) is 22.0 Å². The van der Waals surface area contributed by atoms with Gasteiger partial charge in [0, 0.05) is 36.4 Å². The molecule has 0 saturated heterocycles. The fraction of sp³-hybridized carbons (Fsp3) is 0.259. The molecular formula is C27H28N4O5. The van der Waals surface area contributed by atoms with E-state index < -0.39 is 12.0 Å². The SMILES string of the molecule is CCOC(Cc1ccc(OCCn2nc(-c3ccncc3)c3cc(OC)ccc3c2=O)cc1)C(N)=O. The van der Waals surface area contributed by atoms with Gasteiger partial charge in [0.2, 0.25) is 5.91 Å². The van der Waals surface area contributed by atoms with Crippen molar-refractivity contribution in [1.29, 1.82) is 0 Å². The highest BCUT2D eigenvalue weighted by molar-refractivity contribution is 5.94. The number of primary amides is 1. The molecule has 0 saturated carbocycles. The lowest BCUT2D eigenvalue weighted by Crippen LogP contribution is -2.33. The minimum Gasteiger partial charge on any atom is -0.497 e. The van der Waals surface area contributed by atoms with Crippen LogP contribution in [0, 0.1) is 0 Å². The monoisotopic (exact) mass is 488 g/mol. The fourth-order valence-electron chi connectivity index (χ4n) is 3.89. The first kappa shape index (κ1) is 24.9. The number of hydrogen-bond donors (Lipinski definition) is 1. The maximum atomic E-state index is 13.2. The van der Waals surface area contributed by atoms with E-state index in [9.17, 15) is 9.59 Å². The maximum Gasteiger partial charge on any atom is 0.274 e. The van der Waals surface area contributed by atoms with Gasteiger partial charge in [-0.15, -0.1) is 0 Å². The van der Waals surface area contributed by atoms with E-state index in [1.54, 1.807) is 31.6 Å². The number of carbonyl (C=O) groups excluding carboxylic acids is 1. The van der Waals surface area contributed by atoms with Crippen molar-refractivity contribution in [2.45, 2.75) is 26.0 Å². The Kier molecular flexibility index (Phi) is 7.92. The topological polar surface area (TPSA) is 119 Å². The lowest BCUT2D eigenvalue weighted by molar-refractivity contribution is -0.129. The highest BCUT2D eigenvalue weighted by Gasteiger charge is 2.16. The first-order chi connectivity index (χ1) is 17.5. The van der Waals surface area contributed by atoms with Crippen molar-refractivity contribution in [1.82, 2.24) is 14.8 Å². The molecule has 0 aliphatic heterocycles. The molecule has 1 amide bonds. The number of nitrogens with two attached hydrogens (primary N) is 1. The largest absolute Gasteiger partial charge is 0.497 e. The Morgan fingerprint density at radius 3 is 2.42 bits per heavy atom. The van der Waals surface area contributed by atoms with Gasteiger partial charge >= 0.3 is 0 Å². The number of hydrogen-bond acceptors (Lipinski definition) is 7. The van der Waals surface area contributed by atoms with E-state index in [4.69, 9.17) is 19.9 Å². The van der Waals surface area contributed by atoms with Gasteiger partial charge in [0.1, 0.15) is 24.2 Å². The van der Waals surface area contributed by atoms with Crippen molar-refractivity contribution in [2.24, 2.45) is 5.73 Å². The van der Waals surface area contributed by atoms with Crippen LogP contribution < -0.4 is 20.8 Å². The highest BCUT2D eigenvalue weighted by Crippen LogP contribution is 2.27. The summed E-state index contributed by atoms with van der Waals surface area (Å²) in [5, 5.41) is 5.89. The molecule has 2 aromatic heterocycles. The Hall–Kier alpha value is -4.24. The van der Waals surface area contributed by atoms with Crippen LogP contribution in [-0.2, 0) is 22.5 Å². The molecule has 36 heavy (non-hydrogen) atoms. The molecule has 4 rings (SSSR count). The van der Waals surface area contributed by atoms with Gasteiger partial charge in [-0.1, -0.05) is 12.1 Å². The number of fused-ring (bicyclic) bond motifs is 1. The zero-order valence-electron chi connectivity index (χ0n) is 20.2. The number of benzene rings is 2. The zero-order valence-corrected chi connectivity index (χ0v) is 20.2. The molecule has 0 aliphatic carbocycles. The number of nitrogens with zero attached hydrogens (tertiary/aromatic N) is 3. The second-order valence-electron chi connectivity index (χ2n) is 8.07. The number of pyridine rings is 1. The number of rotatable bonds is 11. The molecular weight excluding hydrogens is 460 g/mol. The van der Waals surface area contributed by atoms with Crippen LogP contribution >= 0.6 is 0 Å². The molecule has 0 radical (unpaired) electrons. The minimum absolute atomic E-state index is 0.210. The van der Waals surface area contributed by atoms with E-state index in [-0.39, 0.29) is 18.7 Å². The zero-order chi connectivity index (χ0) is 25.5. The van der Waals surface area contributed by atoms with Gasteiger partial charge in [-0.05, 0) is 55.0 Å². The van der Waals surface area contributed by atoms with Crippen LogP contribution in [0.2, 0.25) is 0 Å². The molecule has 0 bridgehead atoms. The predicted molar refractivity (Wildman–Crippen MR) is 136 cm³/mol. The third kappa shape index (κ3) is 5.69. The second-order valence-corrected chi connectivity index (χ2v) is 8.07. The number of carbonyl (C=O) groups is 1. The summed E-state index contributed by atoms with van der Waals surface area (Å²) in [5.41, 5.74) is 7.60. The smallest absolute Gasteiger partial charge is 0.274 e. The summed E-state index contributed by atoms with van der Waals surface area (Å²) in [7, 11) is 1.58. The third-order valence-electron chi connectivity index (χ3n) is 5.72. The van der Waals surface area contributed by atoms with Gasteiger partial charge in [-0.2, -0.15) is 5.10 Å². The molecule has 2 N–H and O–H groups in total. The van der Waals surface area contributed by atoms with Crippen LogP contribution in [0.15, 0.2) is 71.8 Å². The molecule has 4 aromatic rings. The summed E-state index contributed by atoms with van der Waals surface area (Å²) >= 11 is 0. The molecule has 0 spiro atoms. The van der Waals surface area contributed by atoms with E-state index in [1.807, 2.05) is 49.4 Å². The van der Waals surface area contributed by atoms with Crippen molar-refractivity contribution in [3.05, 3.63) is 82.9 Å².